The number of rotatable bonds is 9. The highest BCUT2D eigenvalue weighted by Gasteiger charge is 2.17. The summed E-state index contributed by atoms with van der Waals surface area (Å²) in [6, 6.07) is 18.5. The van der Waals surface area contributed by atoms with E-state index in [0.717, 1.165) is 23.1 Å². The average Bonchev–Trinajstić information content (AvgIpc) is 2.79. The Morgan fingerprint density at radius 1 is 0.969 bits per heavy atom. The van der Waals surface area contributed by atoms with Gasteiger partial charge >= 0.3 is 0 Å². The predicted octanol–water partition coefficient (Wildman–Crippen LogP) is 3.87. The molecule has 6 heteroatoms. The van der Waals surface area contributed by atoms with E-state index in [0.29, 0.717) is 23.6 Å². The van der Waals surface area contributed by atoms with Crippen molar-refractivity contribution >= 4 is 12.0 Å². The lowest BCUT2D eigenvalue weighted by molar-refractivity contribution is -0.267. The number of benzene rings is 2. The van der Waals surface area contributed by atoms with Crippen LogP contribution in [0.15, 0.2) is 73.1 Å². The van der Waals surface area contributed by atoms with Gasteiger partial charge in [-0.25, -0.2) is 0 Å². The molecule has 3 rings (SSSR count). The molecule has 6 nitrogen and oxygen atoms in total. The molecule has 0 saturated heterocycles. The number of aromatic nitrogens is 1. The minimum atomic E-state index is -1.25. The van der Waals surface area contributed by atoms with Gasteiger partial charge in [0.1, 0.15) is 6.09 Å². The quantitative estimate of drug-likeness (QED) is 0.558. The summed E-state index contributed by atoms with van der Waals surface area (Å²) >= 11 is 0. The molecule has 2 amide bonds. The third-order valence-corrected chi connectivity index (χ3v) is 5.22. The van der Waals surface area contributed by atoms with Crippen LogP contribution < -0.4 is 10.4 Å². The van der Waals surface area contributed by atoms with Gasteiger partial charge in [0.15, 0.2) is 0 Å². The Labute approximate surface area is 188 Å². The Balaban J connectivity index is 1.88. The maximum absolute atomic E-state index is 12.8. The summed E-state index contributed by atoms with van der Waals surface area (Å²) in [4.78, 5) is 30.2. The fourth-order valence-electron chi connectivity index (χ4n) is 3.49. The van der Waals surface area contributed by atoms with E-state index in [2.05, 4.69) is 24.1 Å². The van der Waals surface area contributed by atoms with Gasteiger partial charge in [-0.05, 0) is 35.1 Å². The van der Waals surface area contributed by atoms with Crippen molar-refractivity contribution in [3.63, 3.8) is 0 Å². The Hall–Kier alpha value is -3.67. The van der Waals surface area contributed by atoms with E-state index < -0.39 is 6.09 Å². The van der Waals surface area contributed by atoms with Crippen LogP contribution in [0.1, 0.15) is 41.8 Å². The number of carbonyl (C=O) groups excluding carboxylic acids is 2. The number of pyridine rings is 1. The summed E-state index contributed by atoms with van der Waals surface area (Å²) < 4.78 is 0. The van der Waals surface area contributed by atoms with Crippen molar-refractivity contribution in [2.75, 3.05) is 6.54 Å². The number of carboxylic acid groups (broad SMARTS) is 1. The van der Waals surface area contributed by atoms with E-state index in [4.69, 9.17) is 0 Å². The first kappa shape index (κ1) is 23.0. The van der Waals surface area contributed by atoms with Crippen molar-refractivity contribution in [2.24, 2.45) is 5.92 Å². The largest absolute Gasteiger partial charge is 0.530 e. The molecule has 1 N–H and O–H groups in total. The second-order valence-corrected chi connectivity index (χ2v) is 8.12. The second-order valence-electron chi connectivity index (χ2n) is 8.12. The average molecular weight is 431 g/mol. The van der Waals surface area contributed by atoms with Crippen LogP contribution in [-0.2, 0) is 13.1 Å². The molecule has 0 bridgehead atoms. The fraction of sp³-hybridized carbons (Fsp3) is 0.269. The van der Waals surface area contributed by atoms with Crippen LogP contribution in [0.25, 0.3) is 11.1 Å². The van der Waals surface area contributed by atoms with Crippen molar-refractivity contribution in [1.29, 1.82) is 0 Å². The number of nitrogens with zero attached hydrogens (tertiary/aromatic N) is 2. The number of nitrogens with one attached hydrogen (secondary N) is 1. The van der Waals surface area contributed by atoms with Gasteiger partial charge in [0, 0.05) is 37.6 Å². The Bertz CT molecular complexity index is 1050. The van der Waals surface area contributed by atoms with Crippen LogP contribution in [0.5, 0.6) is 0 Å². The van der Waals surface area contributed by atoms with Crippen molar-refractivity contribution in [2.45, 2.75) is 33.4 Å². The zero-order chi connectivity index (χ0) is 22.9. The SMILES string of the molecule is CC(C)CCNC(=O)c1ccncc1-c1ccccc1CN(Cc1ccccc1)C(=O)[O-]. The van der Waals surface area contributed by atoms with Crippen molar-refractivity contribution in [3.05, 3.63) is 89.7 Å². The minimum Gasteiger partial charge on any atom is -0.530 e. The molecule has 2 aromatic carbocycles. The molecule has 1 aromatic heterocycles. The van der Waals surface area contributed by atoms with E-state index in [1.54, 1.807) is 18.5 Å². The zero-order valence-corrected chi connectivity index (χ0v) is 18.5. The van der Waals surface area contributed by atoms with Crippen molar-refractivity contribution in [1.82, 2.24) is 15.2 Å². The smallest absolute Gasteiger partial charge is 0.252 e. The van der Waals surface area contributed by atoms with Gasteiger partial charge < -0.3 is 20.1 Å². The van der Waals surface area contributed by atoms with Crippen molar-refractivity contribution < 1.29 is 14.7 Å². The van der Waals surface area contributed by atoms with Gasteiger partial charge in [0.2, 0.25) is 0 Å². The van der Waals surface area contributed by atoms with Crippen LogP contribution in [0, 0.1) is 5.92 Å². The van der Waals surface area contributed by atoms with E-state index in [9.17, 15) is 14.7 Å². The van der Waals surface area contributed by atoms with Crippen LogP contribution in [0.4, 0.5) is 4.79 Å². The molecule has 0 fully saturated rings. The maximum atomic E-state index is 12.8. The third kappa shape index (κ3) is 6.17. The molecule has 0 aliphatic carbocycles. The molecule has 1 heterocycles. The number of amides is 2. The molecule has 0 spiro atoms. The van der Waals surface area contributed by atoms with Crippen LogP contribution >= 0.6 is 0 Å². The fourth-order valence-corrected chi connectivity index (χ4v) is 3.49. The van der Waals surface area contributed by atoms with E-state index in [1.165, 1.54) is 4.90 Å². The van der Waals surface area contributed by atoms with Gasteiger partial charge in [-0.2, -0.15) is 0 Å². The maximum Gasteiger partial charge on any atom is 0.252 e. The summed E-state index contributed by atoms with van der Waals surface area (Å²) in [5, 5.41) is 14.8. The first-order valence-electron chi connectivity index (χ1n) is 10.8. The lowest BCUT2D eigenvalue weighted by Crippen LogP contribution is -2.40. The summed E-state index contributed by atoms with van der Waals surface area (Å²) in [5.74, 6) is 0.326. The Morgan fingerprint density at radius 2 is 1.69 bits per heavy atom. The van der Waals surface area contributed by atoms with Gasteiger partial charge in [-0.15, -0.1) is 0 Å². The van der Waals surface area contributed by atoms with E-state index in [-0.39, 0.29) is 19.0 Å². The first-order chi connectivity index (χ1) is 15.5. The van der Waals surface area contributed by atoms with Crippen LogP contribution in [0.3, 0.4) is 0 Å². The second kappa shape index (κ2) is 11.1. The van der Waals surface area contributed by atoms with Gasteiger partial charge in [-0.3, -0.25) is 9.78 Å². The first-order valence-corrected chi connectivity index (χ1v) is 10.8. The lowest BCUT2D eigenvalue weighted by atomic mass is 9.96. The monoisotopic (exact) mass is 430 g/mol. The van der Waals surface area contributed by atoms with E-state index >= 15 is 0 Å². The molecule has 0 aliphatic heterocycles. The number of hydrogen-bond donors (Lipinski definition) is 1. The van der Waals surface area contributed by atoms with Crippen LogP contribution in [0.2, 0.25) is 0 Å². The molecule has 0 radical (unpaired) electrons. The Kier molecular flexibility index (Phi) is 7.97. The van der Waals surface area contributed by atoms with Gasteiger partial charge in [0.25, 0.3) is 5.91 Å². The lowest BCUT2D eigenvalue weighted by Gasteiger charge is -2.26. The number of hydrogen-bond acceptors (Lipinski definition) is 4. The summed E-state index contributed by atoms with van der Waals surface area (Å²) in [5.41, 5.74) is 3.61. The van der Waals surface area contributed by atoms with Crippen LogP contribution in [-0.4, -0.2) is 28.4 Å². The van der Waals surface area contributed by atoms with Gasteiger partial charge in [0.05, 0.1) is 5.56 Å². The molecule has 0 atom stereocenters. The predicted molar refractivity (Wildman–Crippen MR) is 123 cm³/mol. The molecule has 0 unspecified atom stereocenters. The highest BCUT2D eigenvalue weighted by molar-refractivity contribution is 6.01. The van der Waals surface area contributed by atoms with Gasteiger partial charge in [-0.1, -0.05) is 68.4 Å². The molecular weight excluding hydrogens is 402 g/mol. The zero-order valence-electron chi connectivity index (χ0n) is 18.5. The highest BCUT2D eigenvalue weighted by atomic mass is 16.4. The number of carbonyl (C=O) groups is 2. The Morgan fingerprint density at radius 3 is 2.41 bits per heavy atom. The summed E-state index contributed by atoms with van der Waals surface area (Å²) in [6.45, 7) is 5.16. The molecule has 3 aromatic rings. The highest BCUT2D eigenvalue weighted by Crippen LogP contribution is 2.28. The topological polar surface area (TPSA) is 85.4 Å². The molecule has 166 valence electrons. The minimum absolute atomic E-state index is 0.136. The van der Waals surface area contributed by atoms with E-state index in [1.807, 2.05) is 54.6 Å². The molecular formula is C26H28N3O3-. The normalized spacial score (nSPS) is 10.7. The summed E-state index contributed by atoms with van der Waals surface area (Å²) in [6.07, 6.45) is 2.88. The van der Waals surface area contributed by atoms with Crippen molar-refractivity contribution in [3.8, 4) is 11.1 Å². The molecule has 0 saturated carbocycles. The summed E-state index contributed by atoms with van der Waals surface area (Å²) in [7, 11) is 0. The molecule has 32 heavy (non-hydrogen) atoms. The standard InChI is InChI=1S/C26H29N3O3/c1-19(2)12-15-28-25(30)23-13-14-27-16-24(23)22-11-7-6-10-21(22)18-29(26(31)32)17-20-8-4-3-5-9-20/h3-11,13-14,16,19H,12,15,17-18H2,1-2H3,(H,28,30)(H,31,32)/p-1. The molecule has 0 aliphatic rings. The third-order valence-electron chi connectivity index (χ3n) is 5.22.